The molecule has 1 heterocycles. The lowest BCUT2D eigenvalue weighted by Gasteiger charge is -2.10. The highest BCUT2D eigenvalue weighted by Gasteiger charge is 2.12. The standard InChI is InChI=1S/C22H20BrN3O3/c1-14-12-17(13-24-25-21(27)19-6-4-5-7-20(19)23)15(2)26(14)18-10-8-16(9-11-18)22(28)29-3/h4-13H,1-3H3,(H,25,27)/b24-13-. The van der Waals surface area contributed by atoms with Crippen LogP contribution in [0.25, 0.3) is 5.69 Å². The van der Waals surface area contributed by atoms with Gasteiger partial charge in [0.25, 0.3) is 5.91 Å². The number of hydrogen-bond donors (Lipinski definition) is 1. The number of rotatable bonds is 5. The molecule has 3 rings (SSSR count). The molecule has 0 spiro atoms. The fraction of sp³-hybridized carbons (Fsp3) is 0.136. The van der Waals surface area contributed by atoms with Crippen LogP contribution in [0.4, 0.5) is 0 Å². The highest BCUT2D eigenvalue weighted by Crippen LogP contribution is 2.20. The van der Waals surface area contributed by atoms with Crippen molar-refractivity contribution in [1.82, 2.24) is 9.99 Å². The molecule has 1 N–H and O–H groups in total. The predicted molar refractivity (Wildman–Crippen MR) is 116 cm³/mol. The minimum atomic E-state index is -0.369. The Morgan fingerprint density at radius 3 is 2.45 bits per heavy atom. The number of aryl methyl sites for hydroxylation is 1. The second-order valence-corrected chi connectivity index (χ2v) is 7.23. The summed E-state index contributed by atoms with van der Waals surface area (Å²) in [5, 5.41) is 4.10. The molecule has 0 aliphatic rings. The van der Waals surface area contributed by atoms with Gasteiger partial charge in [0.15, 0.2) is 0 Å². The lowest BCUT2D eigenvalue weighted by Crippen LogP contribution is -2.18. The van der Waals surface area contributed by atoms with Crippen molar-refractivity contribution >= 4 is 34.0 Å². The predicted octanol–water partition coefficient (Wildman–Crippen LogP) is 4.41. The first kappa shape index (κ1) is 20.5. The molecule has 0 saturated carbocycles. The zero-order chi connectivity index (χ0) is 21.0. The first-order chi connectivity index (χ1) is 13.9. The molecule has 0 radical (unpaired) electrons. The van der Waals surface area contributed by atoms with Crippen LogP contribution in [0.1, 0.15) is 37.7 Å². The fourth-order valence-corrected chi connectivity index (χ4v) is 3.51. The average Bonchev–Trinajstić information content (AvgIpc) is 3.01. The number of methoxy groups -OCH3 is 1. The van der Waals surface area contributed by atoms with Crippen molar-refractivity contribution in [3.63, 3.8) is 0 Å². The van der Waals surface area contributed by atoms with Crippen molar-refractivity contribution in [3.05, 3.63) is 87.1 Å². The van der Waals surface area contributed by atoms with Crippen molar-refractivity contribution in [2.75, 3.05) is 7.11 Å². The number of benzene rings is 2. The molecule has 1 amide bonds. The number of esters is 1. The molecule has 148 valence electrons. The number of carbonyl (C=O) groups is 2. The number of amides is 1. The highest BCUT2D eigenvalue weighted by atomic mass is 79.9. The molecule has 2 aromatic carbocycles. The highest BCUT2D eigenvalue weighted by molar-refractivity contribution is 9.10. The summed E-state index contributed by atoms with van der Waals surface area (Å²) in [6, 6.07) is 16.3. The number of carbonyl (C=O) groups excluding carboxylic acids is 2. The summed E-state index contributed by atoms with van der Waals surface area (Å²) < 4.78 is 7.50. The van der Waals surface area contributed by atoms with Crippen molar-refractivity contribution in [3.8, 4) is 5.69 Å². The van der Waals surface area contributed by atoms with E-state index >= 15 is 0 Å². The first-order valence-corrected chi connectivity index (χ1v) is 9.67. The van der Waals surface area contributed by atoms with Crippen LogP contribution in [0, 0.1) is 13.8 Å². The molecule has 0 aliphatic heterocycles. The van der Waals surface area contributed by atoms with E-state index in [1.54, 1.807) is 36.5 Å². The Morgan fingerprint density at radius 1 is 1.10 bits per heavy atom. The van der Waals surface area contributed by atoms with E-state index < -0.39 is 0 Å². The molecular weight excluding hydrogens is 434 g/mol. The minimum absolute atomic E-state index is 0.291. The van der Waals surface area contributed by atoms with Gasteiger partial charge in [-0.3, -0.25) is 4.79 Å². The van der Waals surface area contributed by atoms with Crippen LogP contribution in [-0.2, 0) is 4.74 Å². The third kappa shape index (κ3) is 4.46. The lowest BCUT2D eigenvalue weighted by molar-refractivity contribution is 0.0600. The molecule has 1 aromatic heterocycles. The Bertz CT molecular complexity index is 1090. The van der Waals surface area contributed by atoms with Gasteiger partial charge in [-0.2, -0.15) is 5.10 Å². The third-order valence-electron chi connectivity index (χ3n) is 4.51. The normalized spacial score (nSPS) is 10.9. The number of aromatic nitrogens is 1. The van der Waals surface area contributed by atoms with Crippen molar-refractivity contribution in [1.29, 1.82) is 0 Å². The summed E-state index contributed by atoms with van der Waals surface area (Å²) in [7, 11) is 1.36. The number of hydrazone groups is 1. The van der Waals surface area contributed by atoms with E-state index in [0.717, 1.165) is 22.6 Å². The van der Waals surface area contributed by atoms with Gasteiger partial charge in [0.1, 0.15) is 0 Å². The molecule has 3 aromatic rings. The van der Waals surface area contributed by atoms with Crippen LogP contribution < -0.4 is 5.43 Å². The van der Waals surface area contributed by atoms with Gasteiger partial charge in [-0.05, 0) is 72.2 Å². The summed E-state index contributed by atoms with van der Waals surface area (Å²) in [4.78, 5) is 23.9. The summed E-state index contributed by atoms with van der Waals surface area (Å²) in [6.45, 7) is 3.95. The van der Waals surface area contributed by atoms with Crippen molar-refractivity contribution < 1.29 is 14.3 Å². The van der Waals surface area contributed by atoms with Crippen LogP contribution in [0.15, 0.2) is 64.2 Å². The van der Waals surface area contributed by atoms with Crippen LogP contribution in [0.5, 0.6) is 0 Å². The number of halogens is 1. The van der Waals surface area contributed by atoms with Gasteiger partial charge in [0.2, 0.25) is 0 Å². The van der Waals surface area contributed by atoms with E-state index in [1.807, 2.05) is 38.1 Å². The number of ether oxygens (including phenoxy) is 1. The topological polar surface area (TPSA) is 72.7 Å². The monoisotopic (exact) mass is 453 g/mol. The van der Waals surface area contributed by atoms with Gasteiger partial charge < -0.3 is 9.30 Å². The number of nitrogens with zero attached hydrogens (tertiary/aromatic N) is 2. The molecule has 0 bridgehead atoms. The zero-order valence-corrected chi connectivity index (χ0v) is 17.9. The fourth-order valence-electron chi connectivity index (χ4n) is 3.05. The number of hydrogen-bond acceptors (Lipinski definition) is 4. The van der Waals surface area contributed by atoms with Crippen molar-refractivity contribution in [2.45, 2.75) is 13.8 Å². The summed E-state index contributed by atoms with van der Waals surface area (Å²) in [5.74, 6) is -0.660. The summed E-state index contributed by atoms with van der Waals surface area (Å²) >= 11 is 3.36. The maximum absolute atomic E-state index is 12.2. The van der Waals surface area contributed by atoms with E-state index in [1.165, 1.54) is 7.11 Å². The molecule has 7 heteroatoms. The molecule has 0 unspecified atom stereocenters. The van der Waals surface area contributed by atoms with Crippen molar-refractivity contribution in [2.24, 2.45) is 5.10 Å². The van der Waals surface area contributed by atoms with E-state index in [-0.39, 0.29) is 11.9 Å². The Morgan fingerprint density at radius 2 is 1.79 bits per heavy atom. The zero-order valence-electron chi connectivity index (χ0n) is 16.3. The van der Waals surface area contributed by atoms with E-state index in [0.29, 0.717) is 15.6 Å². The molecule has 0 saturated heterocycles. The first-order valence-electron chi connectivity index (χ1n) is 8.88. The Kier molecular flexibility index (Phi) is 6.29. The van der Waals surface area contributed by atoms with E-state index in [4.69, 9.17) is 4.74 Å². The molecule has 29 heavy (non-hydrogen) atoms. The molecule has 0 fully saturated rings. The second kappa shape index (κ2) is 8.87. The minimum Gasteiger partial charge on any atom is -0.465 e. The van der Waals surface area contributed by atoms with Gasteiger partial charge in [0, 0.05) is 27.1 Å². The maximum atomic E-state index is 12.2. The van der Waals surface area contributed by atoms with E-state index in [9.17, 15) is 9.59 Å². The summed E-state index contributed by atoms with van der Waals surface area (Å²) in [6.07, 6.45) is 1.62. The second-order valence-electron chi connectivity index (χ2n) is 6.38. The molecular formula is C22H20BrN3O3. The van der Waals surface area contributed by atoms with Gasteiger partial charge in [-0.25, -0.2) is 10.2 Å². The average molecular weight is 454 g/mol. The van der Waals surface area contributed by atoms with Crippen LogP contribution >= 0.6 is 15.9 Å². The molecule has 6 nitrogen and oxygen atoms in total. The Balaban J connectivity index is 1.79. The molecule has 0 atom stereocenters. The van der Waals surface area contributed by atoms with Gasteiger partial charge in [-0.1, -0.05) is 12.1 Å². The third-order valence-corrected chi connectivity index (χ3v) is 5.20. The van der Waals surface area contributed by atoms with Crippen LogP contribution in [0.2, 0.25) is 0 Å². The molecule has 0 aliphatic carbocycles. The van der Waals surface area contributed by atoms with Gasteiger partial charge >= 0.3 is 5.97 Å². The van der Waals surface area contributed by atoms with E-state index in [2.05, 4.69) is 31.0 Å². The van der Waals surface area contributed by atoms with Gasteiger partial charge in [0.05, 0.1) is 24.5 Å². The summed E-state index contributed by atoms with van der Waals surface area (Å²) in [5.41, 5.74) is 7.33. The SMILES string of the molecule is COC(=O)c1ccc(-n2c(C)cc(/C=N\NC(=O)c3ccccc3Br)c2C)cc1. The Hall–Kier alpha value is -3.19. The Labute approximate surface area is 177 Å². The smallest absolute Gasteiger partial charge is 0.337 e. The van der Waals surface area contributed by atoms with Gasteiger partial charge in [-0.15, -0.1) is 0 Å². The largest absolute Gasteiger partial charge is 0.465 e. The quantitative estimate of drug-likeness (QED) is 0.353. The lowest BCUT2D eigenvalue weighted by atomic mass is 10.2. The maximum Gasteiger partial charge on any atom is 0.337 e. The number of nitrogens with one attached hydrogen (secondary N) is 1. The van der Waals surface area contributed by atoms with Crippen LogP contribution in [-0.4, -0.2) is 29.8 Å². The van der Waals surface area contributed by atoms with Crippen LogP contribution in [0.3, 0.4) is 0 Å².